The standard InChI is InChI=1S/C12H21ClN2O4S/c13-10-7-20(18,19)8-11(10)14-12(17)6-15-3-1-9(5-15)2-4-16/h9-11,16H,1-8H2,(H,14,17). The number of aliphatic hydroxyl groups is 1. The van der Waals surface area contributed by atoms with E-state index in [1.54, 1.807) is 0 Å². The molecule has 8 heteroatoms. The number of likely N-dealkylation sites (tertiary alicyclic amines) is 1. The molecule has 2 aliphatic rings. The molecule has 116 valence electrons. The molecule has 0 spiro atoms. The molecule has 0 aromatic rings. The van der Waals surface area contributed by atoms with E-state index in [-0.39, 0.29) is 30.6 Å². The van der Waals surface area contributed by atoms with Crippen molar-refractivity contribution < 1.29 is 18.3 Å². The molecule has 0 saturated carbocycles. The highest BCUT2D eigenvalue weighted by atomic mass is 35.5. The van der Waals surface area contributed by atoms with Crippen LogP contribution in [0.1, 0.15) is 12.8 Å². The number of nitrogens with one attached hydrogen (secondary N) is 1. The quantitative estimate of drug-likeness (QED) is 0.647. The summed E-state index contributed by atoms with van der Waals surface area (Å²) in [7, 11) is -3.12. The Kier molecular flexibility index (Phi) is 5.28. The van der Waals surface area contributed by atoms with Gasteiger partial charge in [0.05, 0.1) is 29.5 Å². The second kappa shape index (κ2) is 6.60. The maximum absolute atomic E-state index is 11.9. The predicted molar refractivity (Wildman–Crippen MR) is 76.5 cm³/mol. The fourth-order valence-electron chi connectivity index (χ4n) is 2.87. The van der Waals surface area contributed by atoms with Crippen molar-refractivity contribution in [3.63, 3.8) is 0 Å². The highest BCUT2D eigenvalue weighted by Gasteiger charge is 2.37. The van der Waals surface area contributed by atoms with Crippen LogP contribution in [-0.4, -0.2) is 73.5 Å². The lowest BCUT2D eigenvalue weighted by molar-refractivity contribution is -0.122. The number of hydrogen-bond donors (Lipinski definition) is 2. The molecule has 2 fully saturated rings. The van der Waals surface area contributed by atoms with Crippen molar-refractivity contribution in [2.45, 2.75) is 24.3 Å². The van der Waals surface area contributed by atoms with Gasteiger partial charge in [0.15, 0.2) is 9.84 Å². The molecule has 0 aromatic carbocycles. The van der Waals surface area contributed by atoms with Crippen molar-refractivity contribution in [1.82, 2.24) is 10.2 Å². The number of alkyl halides is 1. The highest BCUT2D eigenvalue weighted by Crippen LogP contribution is 2.20. The number of hydrogen-bond acceptors (Lipinski definition) is 5. The molecule has 0 aromatic heterocycles. The van der Waals surface area contributed by atoms with E-state index in [4.69, 9.17) is 16.7 Å². The van der Waals surface area contributed by atoms with Gasteiger partial charge < -0.3 is 10.4 Å². The van der Waals surface area contributed by atoms with Gasteiger partial charge in [0, 0.05) is 13.2 Å². The Hall–Kier alpha value is -0.370. The summed E-state index contributed by atoms with van der Waals surface area (Å²) in [6.07, 6.45) is 1.76. The lowest BCUT2D eigenvalue weighted by atomic mass is 10.1. The van der Waals surface area contributed by atoms with Crippen LogP contribution in [0.15, 0.2) is 0 Å². The molecule has 0 aliphatic carbocycles. The Morgan fingerprint density at radius 3 is 2.75 bits per heavy atom. The molecule has 0 radical (unpaired) electrons. The van der Waals surface area contributed by atoms with Crippen molar-refractivity contribution >= 4 is 27.3 Å². The van der Waals surface area contributed by atoms with Crippen molar-refractivity contribution in [2.75, 3.05) is 37.7 Å². The number of sulfone groups is 1. The van der Waals surface area contributed by atoms with Gasteiger partial charge in [-0.2, -0.15) is 0 Å². The molecule has 3 atom stereocenters. The fraction of sp³-hybridized carbons (Fsp3) is 0.917. The highest BCUT2D eigenvalue weighted by molar-refractivity contribution is 7.91. The summed E-state index contributed by atoms with van der Waals surface area (Å²) in [5.74, 6) is 0.129. The first-order valence-electron chi connectivity index (χ1n) is 6.86. The maximum Gasteiger partial charge on any atom is 0.234 e. The molecule has 6 nitrogen and oxygen atoms in total. The van der Waals surface area contributed by atoms with Crippen molar-refractivity contribution in [3.8, 4) is 0 Å². The van der Waals surface area contributed by atoms with Crippen LogP contribution in [0.3, 0.4) is 0 Å². The first-order valence-corrected chi connectivity index (χ1v) is 9.12. The topological polar surface area (TPSA) is 86.7 Å². The Labute approximate surface area is 124 Å². The summed E-state index contributed by atoms with van der Waals surface area (Å²) >= 11 is 5.95. The van der Waals surface area contributed by atoms with Gasteiger partial charge in [0.1, 0.15) is 0 Å². The summed E-state index contributed by atoms with van der Waals surface area (Å²) in [5, 5.41) is 11.1. The molecule has 2 saturated heterocycles. The third-order valence-corrected chi connectivity index (χ3v) is 6.28. The number of amides is 1. The smallest absolute Gasteiger partial charge is 0.234 e. The first kappa shape index (κ1) is 16.0. The Bertz CT molecular complexity index is 456. The number of carbonyl (C=O) groups excluding carboxylic acids is 1. The van der Waals surface area contributed by atoms with E-state index < -0.39 is 21.3 Å². The number of nitrogens with zero attached hydrogens (tertiary/aromatic N) is 1. The predicted octanol–water partition coefficient (Wildman–Crippen LogP) is -0.789. The van der Waals surface area contributed by atoms with Crippen LogP contribution in [0, 0.1) is 5.92 Å². The summed E-state index contributed by atoms with van der Waals surface area (Å²) in [6.45, 7) is 2.09. The maximum atomic E-state index is 11.9. The van der Waals surface area contributed by atoms with Crippen LogP contribution in [0.25, 0.3) is 0 Å². The second-order valence-electron chi connectivity index (χ2n) is 5.67. The molecule has 3 unspecified atom stereocenters. The first-order chi connectivity index (χ1) is 9.39. The number of halogens is 1. The number of carbonyl (C=O) groups is 1. The number of rotatable bonds is 5. The van der Waals surface area contributed by atoms with Crippen molar-refractivity contribution in [2.24, 2.45) is 5.92 Å². The van der Waals surface area contributed by atoms with Crippen LogP contribution >= 0.6 is 11.6 Å². The van der Waals surface area contributed by atoms with E-state index in [0.29, 0.717) is 5.92 Å². The average molecular weight is 325 g/mol. The van der Waals surface area contributed by atoms with Crippen LogP contribution in [0.2, 0.25) is 0 Å². The minimum Gasteiger partial charge on any atom is -0.396 e. The normalized spacial score (nSPS) is 33.4. The van der Waals surface area contributed by atoms with Crippen LogP contribution < -0.4 is 5.32 Å². The molecule has 2 heterocycles. The lowest BCUT2D eigenvalue weighted by Gasteiger charge is -2.19. The second-order valence-corrected chi connectivity index (χ2v) is 8.38. The van der Waals surface area contributed by atoms with Gasteiger partial charge in [0.25, 0.3) is 0 Å². The van der Waals surface area contributed by atoms with Crippen LogP contribution in [0.4, 0.5) is 0 Å². The van der Waals surface area contributed by atoms with Crippen molar-refractivity contribution in [3.05, 3.63) is 0 Å². The van der Waals surface area contributed by atoms with Gasteiger partial charge >= 0.3 is 0 Å². The third-order valence-electron chi connectivity index (χ3n) is 3.90. The summed E-state index contributed by atoms with van der Waals surface area (Å²) in [6, 6.07) is -0.481. The van der Waals surface area contributed by atoms with Gasteiger partial charge in [-0.25, -0.2) is 8.42 Å². The number of aliphatic hydroxyl groups excluding tert-OH is 1. The lowest BCUT2D eigenvalue weighted by Crippen LogP contribution is -2.45. The summed E-state index contributed by atoms with van der Waals surface area (Å²) < 4.78 is 22.8. The average Bonchev–Trinajstić information content (AvgIpc) is 2.84. The molecule has 2 aliphatic heterocycles. The van der Waals surface area contributed by atoms with Crippen LogP contribution in [0.5, 0.6) is 0 Å². The largest absolute Gasteiger partial charge is 0.396 e. The SMILES string of the molecule is O=C(CN1CCC(CCO)C1)NC1CS(=O)(=O)CC1Cl. The molecule has 2 rings (SSSR count). The van der Waals surface area contributed by atoms with Gasteiger partial charge in [-0.05, 0) is 25.3 Å². The van der Waals surface area contributed by atoms with E-state index in [1.807, 2.05) is 4.90 Å². The Morgan fingerprint density at radius 1 is 1.40 bits per heavy atom. The summed E-state index contributed by atoms with van der Waals surface area (Å²) in [5.41, 5.74) is 0. The van der Waals surface area contributed by atoms with E-state index in [0.717, 1.165) is 25.9 Å². The zero-order valence-corrected chi connectivity index (χ0v) is 12.9. The minimum absolute atomic E-state index is 0.0677. The van der Waals surface area contributed by atoms with Crippen LogP contribution in [-0.2, 0) is 14.6 Å². The molecular weight excluding hydrogens is 304 g/mol. The molecular formula is C12H21ClN2O4S. The van der Waals surface area contributed by atoms with E-state index in [2.05, 4.69) is 5.32 Å². The van der Waals surface area contributed by atoms with Gasteiger partial charge in [0.2, 0.25) is 5.91 Å². The fourth-order valence-corrected chi connectivity index (χ4v) is 5.42. The molecule has 20 heavy (non-hydrogen) atoms. The van der Waals surface area contributed by atoms with Gasteiger partial charge in [-0.3, -0.25) is 9.69 Å². The van der Waals surface area contributed by atoms with E-state index in [9.17, 15) is 13.2 Å². The molecule has 1 amide bonds. The monoisotopic (exact) mass is 324 g/mol. The van der Waals surface area contributed by atoms with E-state index in [1.165, 1.54) is 0 Å². The van der Waals surface area contributed by atoms with Gasteiger partial charge in [-0.15, -0.1) is 11.6 Å². The zero-order chi connectivity index (χ0) is 14.8. The third kappa shape index (κ3) is 4.31. The molecule has 2 N–H and O–H groups in total. The minimum atomic E-state index is -3.12. The Balaban J connectivity index is 1.76. The van der Waals surface area contributed by atoms with Gasteiger partial charge in [-0.1, -0.05) is 0 Å². The Morgan fingerprint density at radius 2 is 2.15 bits per heavy atom. The zero-order valence-electron chi connectivity index (χ0n) is 11.3. The van der Waals surface area contributed by atoms with E-state index >= 15 is 0 Å². The summed E-state index contributed by atoms with van der Waals surface area (Å²) in [4.78, 5) is 14.0. The van der Waals surface area contributed by atoms with Crippen molar-refractivity contribution in [1.29, 1.82) is 0 Å². The molecule has 0 bridgehead atoms.